The molecule has 23 heavy (non-hydrogen) atoms. The minimum absolute atomic E-state index is 0.264. The zero-order valence-corrected chi connectivity index (χ0v) is 14.2. The van der Waals surface area contributed by atoms with Crippen LogP contribution in [0.4, 0.5) is 0 Å². The molecule has 0 aromatic carbocycles. The second-order valence-corrected chi connectivity index (χ2v) is 7.21. The van der Waals surface area contributed by atoms with Crippen molar-refractivity contribution in [3.63, 3.8) is 0 Å². The van der Waals surface area contributed by atoms with Gasteiger partial charge < -0.3 is 9.72 Å². The highest BCUT2D eigenvalue weighted by Gasteiger charge is 2.17. The van der Waals surface area contributed by atoms with Crippen LogP contribution < -0.4 is 5.56 Å². The van der Waals surface area contributed by atoms with E-state index in [1.54, 1.807) is 23.7 Å². The van der Waals surface area contributed by atoms with Gasteiger partial charge in [-0.2, -0.15) is 5.10 Å². The molecule has 9 heteroatoms. The van der Waals surface area contributed by atoms with E-state index in [1.807, 2.05) is 0 Å². The average molecular weight is 393 g/mol. The highest BCUT2D eigenvalue weighted by molar-refractivity contribution is 9.11. The Bertz CT molecular complexity index is 1140. The molecule has 0 aliphatic heterocycles. The largest absolute Gasteiger partial charge is 0.462 e. The van der Waals surface area contributed by atoms with Crippen LogP contribution in [0.3, 0.4) is 0 Å². The summed E-state index contributed by atoms with van der Waals surface area (Å²) in [7, 11) is 0. The number of carbonyl (C=O) groups excluding carboxylic acids is 1. The van der Waals surface area contributed by atoms with Gasteiger partial charge in [-0.05, 0) is 28.9 Å². The minimum Gasteiger partial charge on any atom is -0.462 e. The first-order valence-corrected chi connectivity index (χ1v) is 8.36. The lowest BCUT2D eigenvalue weighted by molar-refractivity contribution is 0.0526. The smallest absolute Gasteiger partial charge is 0.339 e. The Morgan fingerprint density at radius 3 is 3.09 bits per heavy atom. The molecule has 0 saturated heterocycles. The number of aromatic amines is 1. The van der Waals surface area contributed by atoms with Gasteiger partial charge in [-0.25, -0.2) is 9.31 Å². The Hall–Kier alpha value is -2.26. The Labute approximate surface area is 141 Å². The summed E-state index contributed by atoms with van der Waals surface area (Å²) in [5.74, 6) is -0.474. The van der Waals surface area contributed by atoms with E-state index in [4.69, 9.17) is 4.74 Å². The van der Waals surface area contributed by atoms with E-state index in [2.05, 4.69) is 31.0 Å². The van der Waals surface area contributed by atoms with Crippen LogP contribution in [-0.2, 0) is 4.74 Å². The van der Waals surface area contributed by atoms with Crippen molar-refractivity contribution in [1.29, 1.82) is 0 Å². The molecule has 4 aromatic heterocycles. The van der Waals surface area contributed by atoms with Crippen LogP contribution in [0, 0.1) is 0 Å². The number of esters is 1. The highest BCUT2D eigenvalue weighted by atomic mass is 79.9. The molecule has 0 atom stereocenters. The SMILES string of the molecule is CCOC(=O)c1cnc2c(c1)[nH]c(=O)c1c2nn2cc(Br)sc12. The zero-order chi connectivity index (χ0) is 16.1. The fourth-order valence-corrected chi connectivity index (χ4v) is 3.92. The van der Waals surface area contributed by atoms with Crippen molar-refractivity contribution in [1.82, 2.24) is 19.6 Å². The van der Waals surface area contributed by atoms with Crippen LogP contribution in [0.2, 0.25) is 0 Å². The summed E-state index contributed by atoms with van der Waals surface area (Å²) in [6.45, 7) is 2.01. The lowest BCUT2D eigenvalue weighted by Crippen LogP contribution is -2.09. The van der Waals surface area contributed by atoms with Gasteiger partial charge in [-0.15, -0.1) is 11.3 Å². The molecule has 4 rings (SSSR count). The van der Waals surface area contributed by atoms with Gasteiger partial charge in [0.25, 0.3) is 5.56 Å². The van der Waals surface area contributed by atoms with E-state index in [1.165, 1.54) is 17.5 Å². The molecular weight excluding hydrogens is 384 g/mol. The van der Waals surface area contributed by atoms with E-state index >= 15 is 0 Å². The summed E-state index contributed by atoms with van der Waals surface area (Å²) >= 11 is 4.80. The molecule has 1 N–H and O–H groups in total. The second kappa shape index (κ2) is 5.14. The predicted octanol–water partition coefficient (Wildman–Crippen LogP) is 2.72. The van der Waals surface area contributed by atoms with E-state index in [-0.39, 0.29) is 17.7 Å². The maximum absolute atomic E-state index is 12.4. The van der Waals surface area contributed by atoms with Crippen molar-refractivity contribution in [2.24, 2.45) is 0 Å². The van der Waals surface area contributed by atoms with Crippen molar-refractivity contribution in [3.8, 4) is 0 Å². The number of carbonyl (C=O) groups is 1. The normalized spacial score (nSPS) is 11.6. The van der Waals surface area contributed by atoms with Crippen LogP contribution in [-0.4, -0.2) is 32.2 Å². The number of fused-ring (bicyclic) bond motifs is 5. The number of nitrogens with zero attached hydrogens (tertiary/aromatic N) is 3. The standard InChI is InChI=1S/C14H9BrN4O3S/c1-2-22-14(21)6-3-7-10(16-4-6)11-9(12(20)17-7)13-19(18-11)5-8(15)23-13/h3-5H,2H2,1H3,(H,17,20). The summed E-state index contributed by atoms with van der Waals surface area (Å²) in [6, 6.07) is 1.56. The third-order valence-electron chi connectivity index (χ3n) is 3.38. The number of ether oxygens (including phenoxy) is 1. The first kappa shape index (κ1) is 14.3. The maximum atomic E-state index is 12.4. The first-order chi connectivity index (χ1) is 11.1. The summed E-state index contributed by atoms with van der Waals surface area (Å²) in [5.41, 5.74) is 1.54. The number of aromatic nitrogens is 4. The predicted molar refractivity (Wildman–Crippen MR) is 90.2 cm³/mol. The van der Waals surface area contributed by atoms with E-state index in [0.717, 1.165) is 8.62 Å². The molecule has 0 unspecified atom stereocenters. The van der Waals surface area contributed by atoms with Crippen molar-refractivity contribution in [2.45, 2.75) is 6.92 Å². The molecule has 0 amide bonds. The van der Waals surface area contributed by atoms with E-state index < -0.39 is 5.97 Å². The van der Waals surface area contributed by atoms with Crippen LogP contribution in [0.25, 0.3) is 26.8 Å². The van der Waals surface area contributed by atoms with Crippen LogP contribution in [0.1, 0.15) is 17.3 Å². The molecule has 0 fully saturated rings. The molecule has 0 spiro atoms. The molecule has 0 bridgehead atoms. The molecule has 116 valence electrons. The monoisotopic (exact) mass is 392 g/mol. The summed E-state index contributed by atoms with van der Waals surface area (Å²) in [4.78, 5) is 32.0. The van der Waals surface area contributed by atoms with Crippen molar-refractivity contribution in [2.75, 3.05) is 6.61 Å². The van der Waals surface area contributed by atoms with Gasteiger partial charge in [-0.3, -0.25) is 9.78 Å². The molecule has 0 aliphatic carbocycles. The number of hydrogen-bond donors (Lipinski definition) is 1. The average Bonchev–Trinajstić information content (AvgIpc) is 3.03. The minimum atomic E-state index is -0.474. The zero-order valence-electron chi connectivity index (χ0n) is 11.8. The molecule has 4 heterocycles. The molecular formula is C14H9BrN4O3S. The van der Waals surface area contributed by atoms with Gasteiger partial charge in [0.15, 0.2) is 0 Å². The molecule has 0 saturated carbocycles. The summed E-state index contributed by atoms with van der Waals surface area (Å²) in [6.07, 6.45) is 3.22. The molecule has 4 aromatic rings. The molecule has 0 aliphatic rings. The number of thiazole rings is 1. The van der Waals surface area contributed by atoms with Crippen LogP contribution >= 0.6 is 27.3 Å². The van der Waals surface area contributed by atoms with Gasteiger partial charge in [0, 0.05) is 6.20 Å². The lowest BCUT2D eigenvalue weighted by Gasteiger charge is -2.03. The van der Waals surface area contributed by atoms with Gasteiger partial charge in [0.05, 0.1) is 27.7 Å². The highest BCUT2D eigenvalue weighted by Crippen LogP contribution is 2.30. The van der Waals surface area contributed by atoms with E-state index in [0.29, 0.717) is 21.9 Å². The maximum Gasteiger partial charge on any atom is 0.339 e. The Kier molecular flexibility index (Phi) is 3.20. The van der Waals surface area contributed by atoms with Crippen molar-refractivity contribution >= 4 is 60.0 Å². The van der Waals surface area contributed by atoms with Crippen LogP contribution in [0.5, 0.6) is 0 Å². The Balaban J connectivity index is 2.04. The fraction of sp³-hybridized carbons (Fsp3) is 0.143. The third-order valence-corrected chi connectivity index (χ3v) is 4.96. The van der Waals surface area contributed by atoms with Gasteiger partial charge in [-0.1, -0.05) is 0 Å². The summed E-state index contributed by atoms with van der Waals surface area (Å²) in [5, 5.41) is 4.92. The van der Waals surface area contributed by atoms with Gasteiger partial charge in [0.1, 0.15) is 21.3 Å². The molecule has 0 radical (unpaired) electrons. The number of rotatable bonds is 2. The van der Waals surface area contributed by atoms with Crippen LogP contribution in [0.15, 0.2) is 27.0 Å². The number of H-pyrrole nitrogens is 1. The first-order valence-electron chi connectivity index (χ1n) is 6.75. The third kappa shape index (κ3) is 2.15. The van der Waals surface area contributed by atoms with Crippen molar-refractivity contribution < 1.29 is 9.53 Å². The fourth-order valence-electron chi connectivity index (χ4n) is 2.45. The Morgan fingerprint density at radius 2 is 2.30 bits per heavy atom. The number of pyridine rings is 2. The van der Waals surface area contributed by atoms with Gasteiger partial charge >= 0.3 is 5.97 Å². The second-order valence-electron chi connectivity index (χ2n) is 4.80. The molecule has 7 nitrogen and oxygen atoms in total. The number of hydrogen-bond acceptors (Lipinski definition) is 6. The van der Waals surface area contributed by atoms with Gasteiger partial charge in [0.2, 0.25) is 0 Å². The Morgan fingerprint density at radius 1 is 1.48 bits per heavy atom. The van der Waals surface area contributed by atoms with E-state index in [9.17, 15) is 9.59 Å². The number of halogens is 1. The van der Waals surface area contributed by atoms with Crippen molar-refractivity contribution in [3.05, 3.63) is 38.2 Å². The topological polar surface area (TPSA) is 89.3 Å². The quantitative estimate of drug-likeness (QED) is 0.529. The lowest BCUT2D eigenvalue weighted by atomic mass is 10.2. The number of nitrogens with one attached hydrogen (secondary N) is 1. The summed E-state index contributed by atoms with van der Waals surface area (Å²) < 4.78 is 7.48.